The molecule has 5 rings (SSSR count). The summed E-state index contributed by atoms with van der Waals surface area (Å²) >= 11 is 0. The summed E-state index contributed by atoms with van der Waals surface area (Å²) in [5.41, 5.74) is 3.26. The van der Waals surface area contributed by atoms with Gasteiger partial charge in [-0.05, 0) is 37.3 Å². The first-order valence-corrected chi connectivity index (χ1v) is 9.08. The van der Waals surface area contributed by atoms with E-state index >= 15 is 0 Å². The molecule has 0 radical (unpaired) electrons. The van der Waals surface area contributed by atoms with Crippen LogP contribution in [0.25, 0.3) is 0 Å². The summed E-state index contributed by atoms with van der Waals surface area (Å²) in [4.78, 5) is 29.2. The van der Waals surface area contributed by atoms with E-state index in [1.165, 1.54) is 6.42 Å². The number of carbonyl (C=O) groups is 1. The van der Waals surface area contributed by atoms with E-state index in [1.807, 2.05) is 12.1 Å². The first kappa shape index (κ1) is 16.3. The van der Waals surface area contributed by atoms with Gasteiger partial charge in [-0.3, -0.25) is 14.7 Å². The Morgan fingerprint density at radius 1 is 1.32 bits per heavy atom. The summed E-state index contributed by atoms with van der Waals surface area (Å²) in [6, 6.07) is 4.20. The number of amides is 1. The van der Waals surface area contributed by atoms with Crippen molar-refractivity contribution in [3.05, 3.63) is 47.8 Å². The lowest BCUT2D eigenvalue weighted by molar-refractivity contribution is -0.134. The van der Waals surface area contributed by atoms with Gasteiger partial charge in [-0.2, -0.15) is 0 Å². The second kappa shape index (κ2) is 6.96. The van der Waals surface area contributed by atoms with E-state index in [-0.39, 0.29) is 5.91 Å². The smallest absolute Gasteiger partial charge is 0.227 e. The van der Waals surface area contributed by atoms with Gasteiger partial charge in [0.1, 0.15) is 0 Å². The third kappa shape index (κ3) is 3.58. The number of fused-ring (bicyclic) bond motifs is 4. The zero-order valence-electron chi connectivity index (χ0n) is 14.7. The minimum absolute atomic E-state index is 0.237. The van der Waals surface area contributed by atoms with Gasteiger partial charge < -0.3 is 9.88 Å². The third-order valence-corrected chi connectivity index (χ3v) is 5.50. The predicted octanol–water partition coefficient (Wildman–Crippen LogP) is 1.78. The molecule has 2 aromatic rings. The number of nitrogens with zero attached hydrogens (tertiary/aromatic N) is 4. The maximum absolute atomic E-state index is 12.9. The van der Waals surface area contributed by atoms with E-state index in [0.717, 1.165) is 49.6 Å². The van der Waals surface area contributed by atoms with Crippen molar-refractivity contribution in [3.63, 3.8) is 0 Å². The summed E-state index contributed by atoms with van der Waals surface area (Å²) in [6.07, 6.45) is 8.09. The molecule has 0 spiro atoms. The van der Waals surface area contributed by atoms with Crippen LogP contribution >= 0.6 is 0 Å². The fourth-order valence-electron chi connectivity index (χ4n) is 4.15. The Bertz CT molecular complexity index is 728. The standard InChI is InChI=1S/C19H25N5O/c1-14-18(22-13-21-14)12-23-9-16-4-5-17(11-23)24(10-16)19(25)7-15-3-2-6-20-8-15/h2-3,6,8,13,16-17H,4-5,7,9-12H2,1H3,(H,21,22). The molecule has 5 heterocycles. The second-order valence-corrected chi connectivity index (χ2v) is 7.35. The zero-order chi connectivity index (χ0) is 17.2. The van der Waals surface area contributed by atoms with Gasteiger partial charge in [-0.1, -0.05) is 6.07 Å². The molecule has 0 aliphatic carbocycles. The van der Waals surface area contributed by atoms with E-state index in [2.05, 4.69) is 31.7 Å². The van der Waals surface area contributed by atoms with E-state index in [9.17, 15) is 4.79 Å². The molecule has 132 valence electrons. The van der Waals surface area contributed by atoms with Crippen LogP contribution in [0.15, 0.2) is 30.9 Å². The van der Waals surface area contributed by atoms with Gasteiger partial charge >= 0.3 is 0 Å². The van der Waals surface area contributed by atoms with Crippen LogP contribution < -0.4 is 0 Å². The molecule has 2 unspecified atom stereocenters. The Labute approximate surface area is 148 Å². The molecule has 2 atom stereocenters. The van der Waals surface area contributed by atoms with Crippen molar-refractivity contribution in [3.8, 4) is 0 Å². The number of nitrogens with one attached hydrogen (secondary N) is 1. The minimum Gasteiger partial charge on any atom is -0.348 e. The molecule has 2 aromatic heterocycles. The normalized spacial score (nSPS) is 23.6. The molecule has 3 aliphatic rings. The van der Waals surface area contributed by atoms with Crippen molar-refractivity contribution < 1.29 is 4.79 Å². The molecule has 6 nitrogen and oxygen atoms in total. The van der Waals surface area contributed by atoms with Gasteiger partial charge in [-0.25, -0.2) is 4.98 Å². The van der Waals surface area contributed by atoms with Gasteiger partial charge in [0.25, 0.3) is 0 Å². The van der Waals surface area contributed by atoms with Crippen molar-refractivity contribution in [2.45, 2.75) is 38.8 Å². The number of hydrogen-bond acceptors (Lipinski definition) is 4. The molecule has 1 amide bonds. The van der Waals surface area contributed by atoms with Crippen molar-refractivity contribution in [1.82, 2.24) is 24.8 Å². The van der Waals surface area contributed by atoms with Gasteiger partial charge in [0, 0.05) is 50.3 Å². The maximum atomic E-state index is 12.9. The van der Waals surface area contributed by atoms with Crippen molar-refractivity contribution >= 4 is 5.91 Å². The van der Waals surface area contributed by atoms with Crippen LogP contribution in [-0.2, 0) is 17.8 Å². The topological polar surface area (TPSA) is 65.1 Å². The molecular formula is C19H25N5O. The lowest BCUT2D eigenvalue weighted by Crippen LogP contribution is -2.48. The number of aryl methyl sites for hydroxylation is 1. The number of piperidine rings is 1. The van der Waals surface area contributed by atoms with Crippen LogP contribution in [0.3, 0.4) is 0 Å². The molecule has 0 saturated carbocycles. The Morgan fingerprint density at radius 2 is 2.24 bits per heavy atom. The summed E-state index contributed by atoms with van der Waals surface area (Å²) < 4.78 is 0. The summed E-state index contributed by atoms with van der Waals surface area (Å²) in [6.45, 7) is 5.83. The lowest BCUT2D eigenvalue weighted by Gasteiger charge is -2.36. The lowest BCUT2D eigenvalue weighted by atomic mass is 9.94. The number of carbonyl (C=O) groups excluding carboxylic acids is 1. The minimum atomic E-state index is 0.237. The van der Waals surface area contributed by atoms with Crippen LogP contribution in [-0.4, -0.2) is 56.3 Å². The maximum Gasteiger partial charge on any atom is 0.227 e. The number of aromatic nitrogens is 3. The number of pyridine rings is 1. The van der Waals surface area contributed by atoms with Gasteiger partial charge in [0.05, 0.1) is 18.4 Å². The Morgan fingerprint density at radius 3 is 3.00 bits per heavy atom. The fraction of sp³-hybridized carbons (Fsp3) is 0.526. The van der Waals surface area contributed by atoms with Crippen molar-refractivity contribution in [2.24, 2.45) is 5.92 Å². The predicted molar refractivity (Wildman–Crippen MR) is 94.8 cm³/mol. The third-order valence-electron chi connectivity index (χ3n) is 5.50. The van der Waals surface area contributed by atoms with E-state index in [0.29, 0.717) is 18.4 Å². The number of H-pyrrole nitrogens is 1. The zero-order valence-corrected chi connectivity index (χ0v) is 14.7. The average Bonchev–Trinajstić information content (AvgIpc) is 2.83. The van der Waals surface area contributed by atoms with E-state index in [1.54, 1.807) is 18.7 Å². The summed E-state index contributed by atoms with van der Waals surface area (Å²) in [7, 11) is 0. The first-order chi connectivity index (χ1) is 12.2. The summed E-state index contributed by atoms with van der Waals surface area (Å²) in [5.74, 6) is 0.802. The number of aromatic amines is 1. The van der Waals surface area contributed by atoms with Crippen LogP contribution in [0.4, 0.5) is 0 Å². The quantitative estimate of drug-likeness (QED) is 0.922. The largest absolute Gasteiger partial charge is 0.348 e. The van der Waals surface area contributed by atoms with E-state index < -0.39 is 0 Å². The molecule has 0 aromatic carbocycles. The Hall–Kier alpha value is -2.21. The monoisotopic (exact) mass is 339 g/mol. The molecule has 25 heavy (non-hydrogen) atoms. The van der Waals surface area contributed by atoms with Crippen LogP contribution in [0.5, 0.6) is 0 Å². The highest BCUT2D eigenvalue weighted by molar-refractivity contribution is 5.79. The van der Waals surface area contributed by atoms with E-state index in [4.69, 9.17) is 0 Å². The van der Waals surface area contributed by atoms with Crippen molar-refractivity contribution in [2.75, 3.05) is 19.6 Å². The molecule has 3 saturated heterocycles. The van der Waals surface area contributed by atoms with Crippen molar-refractivity contribution in [1.29, 1.82) is 0 Å². The van der Waals surface area contributed by atoms with Gasteiger partial charge in [0.15, 0.2) is 0 Å². The fourth-order valence-corrected chi connectivity index (χ4v) is 4.15. The molecule has 1 N–H and O–H groups in total. The first-order valence-electron chi connectivity index (χ1n) is 9.08. The van der Waals surface area contributed by atoms with Gasteiger partial charge in [-0.15, -0.1) is 0 Å². The molecular weight excluding hydrogens is 314 g/mol. The van der Waals surface area contributed by atoms with Crippen LogP contribution in [0.1, 0.15) is 29.8 Å². The Kier molecular flexibility index (Phi) is 4.53. The number of rotatable bonds is 4. The average molecular weight is 339 g/mol. The van der Waals surface area contributed by atoms with Gasteiger partial charge in [0.2, 0.25) is 5.91 Å². The number of hydrogen-bond donors (Lipinski definition) is 1. The molecule has 2 bridgehead atoms. The van der Waals surface area contributed by atoms with Crippen LogP contribution in [0.2, 0.25) is 0 Å². The molecule has 3 fully saturated rings. The highest BCUT2D eigenvalue weighted by atomic mass is 16.2. The summed E-state index contributed by atoms with van der Waals surface area (Å²) in [5, 5.41) is 0. The Balaban J connectivity index is 1.44. The molecule has 6 heteroatoms. The highest BCUT2D eigenvalue weighted by Crippen LogP contribution is 2.29. The molecule has 3 aliphatic heterocycles. The number of imidazole rings is 1. The SMILES string of the molecule is Cc1[nH]cnc1CN1CC2CCC(C1)N(C(=O)Cc1cccnc1)C2. The second-order valence-electron chi connectivity index (χ2n) is 7.35. The van der Waals surface area contributed by atoms with Crippen LogP contribution in [0, 0.1) is 12.8 Å². The highest BCUT2D eigenvalue weighted by Gasteiger charge is 2.37.